The summed E-state index contributed by atoms with van der Waals surface area (Å²) in [4.78, 5) is 23.8. The summed E-state index contributed by atoms with van der Waals surface area (Å²) in [5.74, 6) is -0.175. The lowest BCUT2D eigenvalue weighted by Gasteiger charge is -2.18. The molecule has 0 fully saturated rings. The van der Waals surface area contributed by atoms with Crippen molar-refractivity contribution in [2.75, 3.05) is 11.9 Å². The molecule has 0 unspecified atom stereocenters. The smallest absolute Gasteiger partial charge is 0.251 e. The lowest BCUT2D eigenvalue weighted by atomic mass is 9.95. The molecule has 4 heteroatoms. The number of carbonyl (C=O) groups excluding carboxylic acids is 2. The number of amides is 2. The molecule has 0 aliphatic rings. The van der Waals surface area contributed by atoms with Gasteiger partial charge in [0, 0.05) is 23.2 Å². The Labute approximate surface area is 121 Å². The van der Waals surface area contributed by atoms with E-state index in [-0.39, 0.29) is 11.8 Å². The Bertz CT molecular complexity index is 476. The Kier molecular flexibility index (Phi) is 5.74. The van der Waals surface area contributed by atoms with Crippen molar-refractivity contribution in [3.63, 3.8) is 0 Å². The van der Waals surface area contributed by atoms with Gasteiger partial charge in [-0.25, -0.2) is 0 Å². The Hall–Kier alpha value is -1.84. The topological polar surface area (TPSA) is 58.2 Å². The van der Waals surface area contributed by atoms with E-state index in [1.807, 2.05) is 20.8 Å². The molecule has 1 aromatic carbocycles. The van der Waals surface area contributed by atoms with Crippen LogP contribution in [0, 0.1) is 5.41 Å². The van der Waals surface area contributed by atoms with Crippen molar-refractivity contribution in [2.45, 2.75) is 40.5 Å². The molecule has 0 spiro atoms. The number of rotatable bonds is 5. The Morgan fingerprint density at radius 1 is 1.20 bits per heavy atom. The predicted octanol–water partition coefficient (Wildman–Crippen LogP) is 3.20. The standard InChI is InChI=1S/C16H24N2O2/c1-5-6-10-17-14(19)12-8-7-9-13(11-12)18-15(20)16(2,3)4/h7-9,11H,5-6,10H2,1-4H3,(H,17,19)(H,18,20). The molecular formula is C16H24N2O2. The molecule has 0 aliphatic carbocycles. The van der Waals surface area contributed by atoms with E-state index in [0.717, 1.165) is 12.8 Å². The first-order chi connectivity index (χ1) is 9.34. The van der Waals surface area contributed by atoms with Crippen LogP contribution in [-0.4, -0.2) is 18.4 Å². The van der Waals surface area contributed by atoms with Crippen molar-refractivity contribution >= 4 is 17.5 Å². The van der Waals surface area contributed by atoms with Gasteiger partial charge in [-0.05, 0) is 24.6 Å². The monoisotopic (exact) mass is 276 g/mol. The highest BCUT2D eigenvalue weighted by Gasteiger charge is 2.21. The van der Waals surface area contributed by atoms with Crippen LogP contribution in [0.3, 0.4) is 0 Å². The molecule has 0 saturated heterocycles. The van der Waals surface area contributed by atoms with Crippen molar-refractivity contribution in [2.24, 2.45) is 5.41 Å². The molecule has 0 saturated carbocycles. The number of nitrogens with one attached hydrogen (secondary N) is 2. The quantitative estimate of drug-likeness (QED) is 0.811. The first-order valence-corrected chi connectivity index (χ1v) is 7.04. The van der Waals surface area contributed by atoms with Gasteiger partial charge in [0.25, 0.3) is 5.91 Å². The van der Waals surface area contributed by atoms with Gasteiger partial charge in [-0.15, -0.1) is 0 Å². The molecule has 2 N–H and O–H groups in total. The minimum Gasteiger partial charge on any atom is -0.352 e. The van der Waals surface area contributed by atoms with Crippen molar-refractivity contribution in [3.8, 4) is 0 Å². The van der Waals surface area contributed by atoms with E-state index in [2.05, 4.69) is 17.6 Å². The van der Waals surface area contributed by atoms with E-state index in [1.54, 1.807) is 24.3 Å². The third kappa shape index (κ3) is 5.03. The molecule has 4 nitrogen and oxygen atoms in total. The molecule has 1 rings (SSSR count). The zero-order valence-corrected chi connectivity index (χ0v) is 12.7. The van der Waals surface area contributed by atoms with Crippen LogP contribution in [0.2, 0.25) is 0 Å². The summed E-state index contributed by atoms with van der Waals surface area (Å²) in [6.45, 7) is 8.31. The maximum Gasteiger partial charge on any atom is 0.251 e. The van der Waals surface area contributed by atoms with Crippen molar-refractivity contribution in [1.82, 2.24) is 5.32 Å². The van der Waals surface area contributed by atoms with Gasteiger partial charge in [0.2, 0.25) is 5.91 Å². The molecule has 20 heavy (non-hydrogen) atoms. The zero-order valence-electron chi connectivity index (χ0n) is 12.7. The lowest BCUT2D eigenvalue weighted by molar-refractivity contribution is -0.123. The third-order valence-corrected chi connectivity index (χ3v) is 2.88. The Balaban J connectivity index is 2.71. The molecule has 0 radical (unpaired) electrons. The fourth-order valence-corrected chi connectivity index (χ4v) is 1.54. The summed E-state index contributed by atoms with van der Waals surface area (Å²) >= 11 is 0. The Morgan fingerprint density at radius 3 is 2.50 bits per heavy atom. The number of hydrogen-bond acceptors (Lipinski definition) is 2. The van der Waals surface area contributed by atoms with Crippen LogP contribution in [0.15, 0.2) is 24.3 Å². The molecule has 110 valence electrons. The lowest BCUT2D eigenvalue weighted by Crippen LogP contribution is -2.28. The van der Waals surface area contributed by atoms with Crippen LogP contribution in [0.1, 0.15) is 50.9 Å². The normalized spacial score (nSPS) is 11.0. The second-order valence-electron chi connectivity index (χ2n) is 5.89. The third-order valence-electron chi connectivity index (χ3n) is 2.88. The average molecular weight is 276 g/mol. The zero-order chi connectivity index (χ0) is 15.2. The van der Waals surface area contributed by atoms with Crippen LogP contribution < -0.4 is 10.6 Å². The summed E-state index contributed by atoms with van der Waals surface area (Å²) in [6, 6.07) is 7.00. The fourth-order valence-electron chi connectivity index (χ4n) is 1.54. The van der Waals surface area contributed by atoms with Gasteiger partial charge in [0.1, 0.15) is 0 Å². The van der Waals surface area contributed by atoms with Gasteiger partial charge in [0.15, 0.2) is 0 Å². The van der Waals surface area contributed by atoms with Crippen molar-refractivity contribution < 1.29 is 9.59 Å². The van der Waals surface area contributed by atoms with E-state index in [9.17, 15) is 9.59 Å². The van der Waals surface area contributed by atoms with E-state index in [1.165, 1.54) is 0 Å². The van der Waals surface area contributed by atoms with Gasteiger partial charge in [-0.3, -0.25) is 9.59 Å². The number of anilines is 1. The number of benzene rings is 1. The van der Waals surface area contributed by atoms with Gasteiger partial charge in [-0.1, -0.05) is 40.2 Å². The van der Waals surface area contributed by atoms with Gasteiger partial charge < -0.3 is 10.6 Å². The van der Waals surface area contributed by atoms with Crippen molar-refractivity contribution in [1.29, 1.82) is 0 Å². The van der Waals surface area contributed by atoms with Crippen LogP contribution in [0.4, 0.5) is 5.69 Å². The molecule has 1 aromatic rings. The van der Waals surface area contributed by atoms with E-state index in [4.69, 9.17) is 0 Å². The number of hydrogen-bond donors (Lipinski definition) is 2. The molecular weight excluding hydrogens is 252 g/mol. The number of unbranched alkanes of at least 4 members (excludes halogenated alkanes) is 1. The van der Waals surface area contributed by atoms with E-state index >= 15 is 0 Å². The highest BCUT2D eigenvalue weighted by molar-refractivity contribution is 5.98. The minimum atomic E-state index is -0.459. The summed E-state index contributed by atoms with van der Waals surface area (Å²) in [6.07, 6.45) is 2.01. The molecule has 0 aliphatic heterocycles. The van der Waals surface area contributed by atoms with Gasteiger partial charge in [-0.2, -0.15) is 0 Å². The maximum absolute atomic E-state index is 11.9. The first kappa shape index (κ1) is 16.2. The summed E-state index contributed by atoms with van der Waals surface area (Å²) in [5.41, 5.74) is 0.750. The number of carbonyl (C=O) groups is 2. The molecule has 0 atom stereocenters. The summed E-state index contributed by atoms with van der Waals surface area (Å²) in [5, 5.41) is 5.68. The summed E-state index contributed by atoms with van der Waals surface area (Å²) < 4.78 is 0. The maximum atomic E-state index is 11.9. The van der Waals surface area contributed by atoms with Crippen LogP contribution >= 0.6 is 0 Å². The SMILES string of the molecule is CCCCNC(=O)c1cccc(NC(=O)C(C)(C)C)c1. The average Bonchev–Trinajstić information content (AvgIpc) is 2.38. The Morgan fingerprint density at radius 2 is 1.90 bits per heavy atom. The molecule has 0 aromatic heterocycles. The van der Waals surface area contributed by atoms with E-state index < -0.39 is 5.41 Å². The second kappa shape index (κ2) is 7.08. The van der Waals surface area contributed by atoms with Crippen LogP contribution in [-0.2, 0) is 4.79 Å². The molecule has 0 heterocycles. The highest BCUT2D eigenvalue weighted by atomic mass is 16.2. The summed E-state index contributed by atoms with van der Waals surface area (Å²) in [7, 11) is 0. The predicted molar refractivity (Wildman–Crippen MR) is 81.8 cm³/mol. The molecule has 0 bridgehead atoms. The van der Waals surface area contributed by atoms with Crippen LogP contribution in [0.25, 0.3) is 0 Å². The second-order valence-corrected chi connectivity index (χ2v) is 5.89. The largest absolute Gasteiger partial charge is 0.352 e. The fraction of sp³-hybridized carbons (Fsp3) is 0.500. The van der Waals surface area contributed by atoms with Crippen LogP contribution in [0.5, 0.6) is 0 Å². The van der Waals surface area contributed by atoms with Crippen molar-refractivity contribution in [3.05, 3.63) is 29.8 Å². The van der Waals surface area contributed by atoms with Gasteiger partial charge >= 0.3 is 0 Å². The van der Waals surface area contributed by atoms with Gasteiger partial charge in [0.05, 0.1) is 0 Å². The highest BCUT2D eigenvalue weighted by Crippen LogP contribution is 2.18. The minimum absolute atomic E-state index is 0.0685. The van der Waals surface area contributed by atoms with E-state index in [0.29, 0.717) is 17.8 Å². The first-order valence-electron chi connectivity index (χ1n) is 7.04. The molecule has 2 amide bonds.